The Morgan fingerprint density at radius 2 is 2.00 bits per heavy atom. The monoisotopic (exact) mass is 321 g/mol. The predicted octanol–water partition coefficient (Wildman–Crippen LogP) is 4.83. The van der Waals surface area contributed by atoms with Gasteiger partial charge in [-0.2, -0.15) is 9.36 Å². The summed E-state index contributed by atoms with van der Waals surface area (Å²) in [6, 6.07) is 6.24. The molecule has 0 radical (unpaired) electrons. The average Bonchev–Trinajstić information content (AvgIpc) is 2.96. The van der Waals surface area contributed by atoms with E-state index in [0.29, 0.717) is 5.13 Å². The fourth-order valence-electron chi connectivity index (χ4n) is 1.96. The molecule has 5 nitrogen and oxygen atoms in total. The molecule has 1 aromatic heterocycles. The first-order valence-electron chi connectivity index (χ1n) is 6.83. The van der Waals surface area contributed by atoms with Crippen molar-refractivity contribution in [3.63, 3.8) is 0 Å². The van der Waals surface area contributed by atoms with Gasteiger partial charge in [-0.05, 0) is 50.8 Å². The first-order valence-corrected chi connectivity index (χ1v) is 8.82. The summed E-state index contributed by atoms with van der Waals surface area (Å²) in [6.07, 6.45) is 1.94. The largest absolute Gasteiger partial charge is 0.372 e. The van der Waals surface area contributed by atoms with Crippen molar-refractivity contribution in [3.05, 3.63) is 23.8 Å². The van der Waals surface area contributed by atoms with Crippen molar-refractivity contribution >= 4 is 39.8 Å². The summed E-state index contributed by atoms with van der Waals surface area (Å²) in [6.45, 7) is 8.36. The van der Waals surface area contributed by atoms with Gasteiger partial charge in [0.2, 0.25) is 10.3 Å². The number of aromatic nitrogens is 2. The lowest BCUT2D eigenvalue weighted by Gasteiger charge is -2.21. The van der Waals surface area contributed by atoms with Crippen LogP contribution < -0.4 is 4.90 Å². The van der Waals surface area contributed by atoms with Gasteiger partial charge in [0, 0.05) is 30.3 Å². The van der Waals surface area contributed by atoms with E-state index in [-0.39, 0.29) is 0 Å². The molecule has 0 fully saturated rings. The molecule has 0 N–H and O–H groups in total. The van der Waals surface area contributed by atoms with E-state index < -0.39 is 0 Å². The van der Waals surface area contributed by atoms with Crippen molar-refractivity contribution in [3.8, 4) is 0 Å². The summed E-state index contributed by atoms with van der Waals surface area (Å²) >= 11 is 2.77. The molecule has 0 aliphatic carbocycles. The third-order valence-electron chi connectivity index (χ3n) is 3.13. The Balaban J connectivity index is 2.17. The second-order valence-corrected chi connectivity index (χ2v) is 5.91. The van der Waals surface area contributed by atoms with Gasteiger partial charge in [-0.1, -0.05) is 11.8 Å². The number of rotatable bonds is 6. The first kappa shape index (κ1) is 15.9. The molecule has 112 valence electrons. The highest BCUT2D eigenvalue weighted by atomic mass is 32.2. The van der Waals surface area contributed by atoms with Crippen molar-refractivity contribution in [2.45, 2.75) is 25.9 Å². The summed E-state index contributed by atoms with van der Waals surface area (Å²) in [4.78, 5) is 6.56. The van der Waals surface area contributed by atoms with Gasteiger partial charge in [-0.15, -0.1) is 10.2 Å². The molecular formula is C14H19N5S2. The van der Waals surface area contributed by atoms with Gasteiger partial charge in [0.1, 0.15) is 0 Å². The maximum atomic E-state index is 4.28. The summed E-state index contributed by atoms with van der Waals surface area (Å²) in [5, 5.41) is 9.77. The number of hydrogen-bond acceptors (Lipinski definition) is 7. The molecule has 0 aliphatic heterocycles. The number of anilines is 1. The van der Waals surface area contributed by atoms with Gasteiger partial charge < -0.3 is 4.90 Å². The van der Waals surface area contributed by atoms with Crippen LogP contribution in [-0.4, -0.2) is 28.7 Å². The van der Waals surface area contributed by atoms with E-state index in [0.717, 1.165) is 29.5 Å². The lowest BCUT2D eigenvalue weighted by atomic mass is 10.1. The first-order chi connectivity index (χ1) is 10.2. The highest BCUT2D eigenvalue weighted by molar-refractivity contribution is 7.98. The van der Waals surface area contributed by atoms with E-state index >= 15 is 0 Å². The number of thioether (sulfide) groups is 1. The molecule has 0 aliphatic rings. The lowest BCUT2D eigenvalue weighted by Crippen LogP contribution is -2.21. The predicted molar refractivity (Wildman–Crippen MR) is 90.6 cm³/mol. The van der Waals surface area contributed by atoms with Gasteiger partial charge in [-0.25, -0.2) is 0 Å². The molecule has 0 saturated heterocycles. The molecule has 0 amide bonds. The molecule has 1 heterocycles. The molecule has 0 spiro atoms. The van der Waals surface area contributed by atoms with E-state index in [9.17, 15) is 0 Å². The summed E-state index contributed by atoms with van der Waals surface area (Å²) < 4.78 is 4.16. The van der Waals surface area contributed by atoms with Gasteiger partial charge in [-0.3, -0.25) is 0 Å². The summed E-state index contributed by atoms with van der Waals surface area (Å²) in [7, 11) is 0. The van der Waals surface area contributed by atoms with Crippen LogP contribution in [0.25, 0.3) is 0 Å². The highest BCUT2D eigenvalue weighted by Crippen LogP contribution is 2.27. The van der Waals surface area contributed by atoms with E-state index in [1.807, 2.05) is 12.3 Å². The lowest BCUT2D eigenvalue weighted by molar-refractivity contribution is 0.865. The smallest absolute Gasteiger partial charge is 0.250 e. The van der Waals surface area contributed by atoms with Crippen molar-refractivity contribution < 1.29 is 0 Å². The Kier molecular flexibility index (Phi) is 5.69. The second-order valence-electron chi connectivity index (χ2n) is 4.41. The molecule has 0 bridgehead atoms. The SMILES string of the molecule is CCN(CC)c1ccc(N=Nc2nc(SC)ns2)c(C)c1. The van der Waals surface area contributed by atoms with Gasteiger partial charge in [0.15, 0.2) is 0 Å². The van der Waals surface area contributed by atoms with Crippen LogP contribution in [0.15, 0.2) is 33.6 Å². The maximum absolute atomic E-state index is 4.28. The highest BCUT2D eigenvalue weighted by Gasteiger charge is 2.05. The fourth-order valence-corrected chi connectivity index (χ4v) is 3.01. The van der Waals surface area contributed by atoms with Crippen LogP contribution in [0, 0.1) is 6.92 Å². The topological polar surface area (TPSA) is 53.7 Å². The third-order valence-corrected chi connectivity index (χ3v) is 4.40. The molecular weight excluding hydrogens is 302 g/mol. The van der Waals surface area contributed by atoms with Crippen molar-refractivity contribution in [1.29, 1.82) is 0 Å². The van der Waals surface area contributed by atoms with Crippen LogP contribution in [0.5, 0.6) is 0 Å². The second kappa shape index (κ2) is 7.51. The Bertz CT molecular complexity index is 620. The van der Waals surface area contributed by atoms with Gasteiger partial charge >= 0.3 is 0 Å². The minimum atomic E-state index is 0.589. The number of nitrogens with zero attached hydrogens (tertiary/aromatic N) is 5. The van der Waals surface area contributed by atoms with Crippen molar-refractivity contribution in [1.82, 2.24) is 9.36 Å². The Hall–Kier alpha value is -1.47. The standard InChI is InChI=1S/C14H19N5S2/c1-5-19(6-2)11-7-8-12(10(3)9-11)16-17-13-15-14(20-4)18-21-13/h7-9H,5-6H2,1-4H3. The van der Waals surface area contributed by atoms with Crippen LogP contribution in [0.4, 0.5) is 16.5 Å². The minimum absolute atomic E-state index is 0.589. The quantitative estimate of drug-likeness (QED) is 0.565. The third kappa shape index (κ3) is 4.01. The zero-order valence-corrected chi connectivity index (χ0v) is 14.3. The Morgan fingerprint density at radius 3 is 2.57 bits per heavy atom. The molecule has 0 atom stereocenters. The number of aryl methyl sites for hydroxylation is 1. The summed E-state index contributed by atoms with van der Waals surface area (Å²) in [5.74, 6) is 0. The zero-order chi connectivity index (χ0) is 15.2. The van der Waals surface area contributed by atoms with E-state index in [4.69, 9.17) is 0 Å². The number of benzene rings is 1. The molecule has 0 unspecified atom stereocenters. The van der Waals surface area contributed by atoms with Crippen molar-refractivity contribution in [2.24, 2.45) is 10.2 Å². The van der Waals surface area contributed by atoms with Crippen LogP contribution >= 0.6 is 23.3 Å². The molecule has 21 heavy (non-hydrogen) atoms. The Morgan fingerprint density at radius 1 is 1.24 bits per heavy atom. The van der Waals surface area contributed by atoms with E-state index in [1.54, 1.807) is 0 Å². The average molecular weight is 321 g/mol. The number of hydrogen-bond donors (Lipinski definition) is 0. The molecule has 0 saturated carbocycles. The normalized spacial score (nSPS) is 11.2. The fraction of sp³-hybridized carbons (Fsp3) is 0.429. The van der Waals surface area contributed by atoms with Gasteiger partial charge in [0.05, 0.1) is 5.69 Å². The van der Waals surface area contributed by atoms with Crippen LogP contribution in [0.2, 0.25) is 0 Å². The Labute approximate surface area is 133 Å². The molecule has 2 aromatic rings. The van der Waals surface area contributed by atoms with Crippen LogP contribution in [0.3, 0.4) is 0 Å². The summed E-state index contributed by atoms with van der Waals surface area (Å²) in [5.41, 5.74) is 3.20. The van der Waals surface area contributed by atoms with E-state index in [1.165, 1.54) is 29.0 Å². The number of azo groups is 1. The van der Waals surface area contributed by atoms with E-state index in [2.05, 4.69) is 57.4 Å². The molecule has 7 heteroatoms. The molecule has 1 aromatic carbocycles. The van der Waals surface area contributed by atoms with Gasteiger partial charge in [0.25, 0.3) is 0 Å². The van der Waals surface area contributed by atoms with Crippen LogP contribution in [0.1, 0.15) is 19.4 Å². The maximum Gasteiger partial charge on any atom is 0.250 e. The van der Waals surface area contributed by atoms with Crippen molar-refractivity contribution in [2.75, 3.05) is 24.2 Å². The molecule has 2 rings (SSSR count). The zero-order valence-electron chi connectivity index (χ0n) is 12.7. The van der Waals surface area contributed by atoms with Crippen LogP contribution in [-0.2, 0) is 0 Å². The minimum Gasteiger partial charge on any atom is -0.372 e.